The molecule has 4 aromatic rings. The quantitative estimate of drug-likeness (QED) is 0.0456. The Morgan fingerprint density at radius 3 is 1.07 bits per heavy atom. The molecule has 0 aliphatic carbocycles. The van der Waals surface area contributed by atoms with E-state index < -0.39 is 87.3 Å². The summed E-state index contributed by atoms with van der Waals surface area (Å²) in [4.78, 5) is 69.5. The predicted octanol–water partition coefficient (Wildman–Crippen LogP) is 4.05. The molecule has 0 heterocycles. The van der Waals surface area contributed by atoms with E-state index in [2.05, 4.69) is 0 Å². The van der Waals surface area contributed by atoms with E-state index in [-0.39, 0.29) is 68.8 Å². The van der Waals surface area contributed by atoms with Gasteiger partial charge in [-0.1, -0.05) is 24.3 Å². The van der Waals surface area contributed by atoms with Crippen molar-refractivity contribution < 1.29 is 64.8 Å². The van der Waals surface area contributed by atoms with Crippen LogP contribution in [-0.2, 0) is 4.79 Å². The molecule has 290 valence electrons. The summed E-state index contributed by atoms with van der Waals surface area (Å²) in [6.07, 6.45) is 0.399. The Kier molecular flexibility index (Phi) is 13.5. The third kappa shape index (κ3) is 9.72. The number of nitrogens with zero attached hydrogens (tertiary/aromatic N) is 3. The van der Waals surface area contributed by atoms with Crippen LogP contribution >= 0.6 is 0 Å². The lowest BCUT2D eigenvalue weighted by atomic mass is 10.1. The van der Waals surface area contributed by atoms with Gasteiger partial charge in [-0.25, -0.2) is 0 Å². The number of Topliss-reactive ketones (excluding diaryl/α,β-unsaturated/α-hetero) is 1. The third-order valence-corrected chi connectivity index (χ3v) is 8.69. The molecule has 8 N–H and O–H groups in total. The molecule has 4 aromatic carbocycles. The monoisotopic (exact) mass is 759 g/mol. The molecule has 0 spiro atoms. The minimum atomic E-state index is -1.07. The molecule has 4 amide bonds. The van der Waals surface area contributed by atoms with E-state index in [1.165, 1.54) is 65.3 Å². The van der Waals surface area contributed by atoms with Crippen LogP contribution in [0.4, 0.5) is 0 Å². The van der Waals surface area contributed by atoms with Crippen LogP contribution in [0.25, 0.3) is 0 Å². The molecule has 16 heteroatoms. The molecule has 0 aliphatic heterocycles. The number of amides is 4. The molecular formula is C39H41N3O13. The van der Waals surface area contributed by atoms with Gasteiger partial charge in [0.05, 0.1) is 22.3 Å². The van der Waals surface area contributed by atoms with Crippen LogP contribution < -0.4 is 0 Å². The maximum absolute atomic E-state index is 13.8. The van der Waals surface area contributed by atoms with Crippen molar-refractivity contribution in [2.75, 3.05) is 32.7 Å². The molecule has 0 saturated carbocycles. The highest BCUT2D eigenvalue weighted by Gasteiger charge is 2.30. The summed E-state index contributed by atoms with van der Waals surface area (Å²) in [5.41, 5.74) is -1.33. The summed E-state index contributed by atoms with van der Waals surface area (Å²) >= 11 is 0. The van der Waals surface area contributed by atoms with Crippen LogP contribution in [0.1, 0.15) is 74.0 Å². The number of carbonyl (C=O) groups is 5. The van der Waals surface area contributed by atoms with Gasteiger partial charge in [-0.3, -0.25) is 28.9 Å². The summed E-state index contributed by atoms with van der Waals surface area (Å²) in [5.74, 6) is -8.96. The van der Waals surface area contributed by atoms with Crippen molar-refractivity contribution in [1.29, 1.82) is 0 Å². The van der Waals surface area contributed by atoms with Gasteiger partial charge in [0.25, 0.3) is 23.6 Å². The van der Waals surface area contributed by atoms with E-state index in [1.807, 2.05) is 0 Å². The minimum absolute atomic E-state index is 0.00442. The number of phenols is 8. The van der Waals surface area contributed by atoms with E-state index in [0.717, 1.165) is 24.3 Å². The molecule has 0 unspecified atom stereocenters. The molecule has 0 bridgehead atoms. The van der Waals surface area contributed by atoms with E-state index in [1.54, 1.807) is 0 Å². The zero-order chi connectivity index (χ0) is 40.4. The molecule has 4 rings (SSSR count). The lowest BCUT2D eigenvalue weighted by molar-refractivity contribution is -0.117. The fraction of sp³-hybridized carbons (Fsp3) is 0.256. The van der Waals surface area contributed by atoms with Gasteiger partial charge in [0, 0.05) is 39.1 Å². The van der Waals surface area contributed by atoms with Crippen LogP contribution in [0.3, 0.4) is 0 Å². The SMILES string of the molecule is CC(=O)CCN(CCCCN(CCCN(C(=O)c1cccc(O)c1O)C(=O)c1cccc(O)c1O)C(=O)c1cccc(O)c1O)C(=O)c1cccc(O)c1O. The Morgan fingerprint density at radius 2 is 0.727 bits per heavy atom. The third-order valence-electron chi connectivity index (χ3n) is 8.69. The zero-order valence-electron chi connectivity index (χ0n) is 29.8. The van der Waals surface area contributed by atoms with Gasteiger partial charge in [0.1, 0.15) is 5.78 Å². The van der Waals surface area contributed by atoms with Gasteiger partial charge in [0.2, 0.25) is 0 Å². The van der Waals surface area contributed by atoms with E-state index in [9.17, 15) is 64.8 Å². The highest BCUT2D eigenvalue weighted by Crippen LogP contribution is 2.33. The van der Waals surface area contributed by atoms with Crippen molar-refractivity contribution in [2.45, 2.75) is 32.6 Å². The molecule has 0 saturated heterocycles. The molecule has 0 radical (unpaired) electrons. The molecule has 0 atom stereocenters. The Balaban J connectivity index is 1.57. The van der Waals surface area contributed by atoms with Crippen LogP contribution in [0.5, 0.6) is 46.0 Å². The average Bonchev–Trinajstić information content (AvgIpc) is 3.15. The number of para-hydroxylation sites is 4. The molecule has 16 nitrogen and oxygen atoms in total. The first kappa shape index (κ1) is 40.8. The molecular weight excluding hydrogens is 718 g/mol. The predicted molar refractivity (Wildman–Crippen MR) is 195 cm³/mol. The van der Waals surface area contributed by atoms with Gasteiger partial charge in [0.15, 0.2) is 46.0 Å². The second kappa shape index (κ2) is 18.2. The summed E-state index contributed by atoms with van der Waals surface area (Å²) in [6, 6.07) is 14.8. The van der Waals surface area contributed by atoms with Gasteiger partial charge < -0.3 is 50.7 Å². The lowest BCUT2D eigenvalue weighted by Crippen LogP contribution is -2.40. The number of imide groups is 1. The normalized spacial score (nSPS) is 10.8. The van der Waals surface area contributed by atoms with Crippen molar-refractivity contribution in [3.63, 3.8) is 0 Å². The van der Waals surface area contributed by atoms with Crippen LogP contribution in [0.2, 0.25) is 0 Å². The van der Waals surface area contributed by atoms with Crippen LogP contribution in [0.15, 0.2) is 72.8 Å². The Labute approximate surface area is 315 Å². The first-order chi connectivity index (χ1) is 26.1. The number of phenolic OH excluding ortho intramolecular Hbond substituents is 8. The number of aromatic hydroxyl groups is 8. The van der Waals surface area contributed by atoms with Crippen molar-refractivity contribution >= 4 is 29.4 Å². The van der Waals surface area contributed by atoms with Crippen LogP contribution in [0, 0.1) is 0 Å². The summed E-state index contributed by atoms with van der Waals surface area (Å²) in [5, 5.41) is 81.6. The number of unbranched alkanes of at least 4 members (excludes halogenated alkanes) is 1. The Bertz CT molecular complexity index is 2020. The number of carbonyl (C=O) groups excluding carboxylic acids is 5. The van der Waals surface area contributed by atoms with Crippen molar-refractivity contribution in [3.8, 4) is 46.0 Å². The first-order valence-corrected chi connectivity index (χ1v) is 17.1. The maximum atomic E-state index is 13.8. The lowest BCUT2D eigenvalue weighted by Gasteiger charge is -2.27. The second-order valence-corrected chi connectivity index (χ2v) is 12.6. The number of ketones is 1. The molecule has 0 aliphatic rings. The zero-order valence-corrected chi connectivity index (χ0v) is 29.8. The number of hydrogen-bond donors (Lipinski definition) is 8. The van der Waals surface area contributed by atoms with Gasteiger partial charge >= 0.3 is 0 Å². The standard InChI is InChI=1S/C39H41N3O13/c1-23(43)17-22-41(37(53)25-10-5-14-29(45)33(25)49)19-3-2-18-40(36(52)24-9-4-13-28(44)32(24)48)20-8-21-42(38(54)26-11-6-15-30(46)34(26)50)39(55)27-12-7-16-31(47)35(27)51/h4-7,9-16,44-51H,2-3,8,17-22H2,1H3. The minimum Gasteiger partial charge on any atom is -0.504 e. The first-order valence-electron chi connectivity index (χ1n) is 17.1. The number of rotatable bonds is 16. The number of benzene rings is 4. The Morgan fingerprint density at radius 1 is 0.418 bits per heavy atom. The Hall–Kier alpha value is -6.97. The molecule has 0 fully saturated rings. The maximum Gasteiger partial charge on any atom is 0.264 e. The molecule has 0 aromatic heterocycles. The smallest absolute Gasteiger partial charge is 0.264 e. The van der Waals surface area contributed by atoms with Crippen LogP contribution in [-0.4, -0.2) is 118 Å². The fourth-order valence-electron chi connectivity index (χ4n) is 5.69. The second-order valence-electron chi connectivity index (χ2n) is 12.6. The van der Waals surface area contributed by atoms with Crippen molar-refractivity contribution in [2.24, 2.45) is 0 Å². The van der Waals surface area contributed by atoms with E-state index >= 15 is 0 Å². The van der Waals surface area contributed by atoms with Gasteiger partial charge in [-0.05, 0) is 74.7 Å². The average molecular weight is 760 g/mol. The molecule has 55 heavy (non-hydrogen) atoms. The highest BCUT2D eigenvalue weighted by molar-refractivity contribution is 6.12. The van der Waals surface area contributed by atoms with Crippen molar-refractivity contribution in [3.05, 3.63) is 95.1 Å². The van der Waals surface area contributed by atoms with E-state index in [4.69, 9.17) is 0 Å². The highest BCUT2D eigenvalue weighted by atomic mass is 16.3. The largest absolute Gasteiger partial charge is 0.504 e. The topological polar surface area (TPSA) is 257 Å². The summed E-state index contributed by atoms with van der Waals surface area (Å²) in [6.45, 7) is 0.840. The van der Waals surface area contributed by atoms with Gasteiger partial charge in [-0.15, -0.1) is 0 Å². The summed E-state index contributed by atoms with van der Waals surface area (Å²) < 4.78 is 0. The number of hydrogen-bond acceptors (Lipinski definition) is 13. The fourth-order valence-corrected chi connectivity index (χ4v) is 5.69. The van der Waals surface area contributed by atoms with Crippen molar-refractivity contribution in [1.82, 2.24) is 14.7 Å². The van der Waals surface area contributed by atoms with Gasteiger partial charge in [-0.2, -0.15) is 0 Å². The summed E-state index contributed by atoms with van der Waals surface area (Å²) in [7, 11) is 0. The van der Waals surface area contributed by atoms with E-state index in [0.29, 0.717) is 4.90 Å².